The molecule has 0 radical (unpaired) electrons. The average molecular weight is 278 g/mol. The van der Waals surface area contributed by atoms with Crippen LogP contribution in [-0.2, 0) is 6.54 Å². The molecule has 1 aliphatic heterocycles. The summed E-state index contributed by atoms with van der Waals surface area (Å²) in [5.41, 5.74) is 8.11. The van der Waals surface area contributed by atoms with Crippen LogP contribution in [0.15, 0.2) is 30.9 Å². The van der Waals surface area contributed by atoms with Gasteiger partial charge in [0.1, 0.15) is 12.7 Å². The Labute approximate surface area is 117 Å². The highest BCUT2D eigenvalue weighted by Crippen LogP contribution is 2.22. The standard InChI is InChI=1S/C13H16ClN5/c14-11-2-1-10(6-18-4-3-12(15)7-18)13(5-11)19-9-16-8-17-19/h1-2,5,8-9,12H,3-4,6-7,15H2/t12-/m1/s1. The van der Waals surface area contributed by atoms with Crippen molar-refractivity contribution in [3.05, 3.63) is 41.4 Å². The Morgan fingerprint density at radius 3 is 3.00 bits per heavy atom. The Bertz CT molecular complexity index is 554. The van der Waals surface area contributed by atoms with Crippen LogP contribution in [0.2, 0.25) is 5.02 Å². The lowest BCUT2D eigenvalue weighted by Gasteiger charge is -2.17. The normalized spacial score (nSPS) is 20.0. The molecule has 3 rings (SSSR count). The number of hydrogen-bond donors (Lipinski definition) is 1. The summed E-state index contributed by atoms with van der Waals surface area (Å²) in [6.45, 7) is 2.85. The van der Waals surface area contributed by atoms with Crippen molar-refractivity contribution in [2.45, 2.75) is 19.0 Å². The summed E-state index contributed by atoms with van der Waals surface area (Å²) < 4.78 is 1.75. The molecule has 5 nitrogen and oxygen atoms in total. The highest BCUT2D eigenvalue weighted by molar-refractivity contribution is 6.30. The third-order valence-corrected chi connectivity index (χ3v) is 3.65. The van der Waals surface area contributed by atoms with E-state index in [-0.39, 0.29) is 0 Å². The molecule has 2 aromatic rings. The Morgan fingerprint density at radius 1 is 1.42 bits per heavy atom. The molecule has 0 amide bonds. The highest BCUT2D eigenvalue weighted by Gasteiger charge is 2.20. The number of aromatic nitrogens is 3. The monoisotopic (exact) mass is 277 g/mol. The zero-order valence-corrected chi connectivity index (χ0v) is 11.3. The SMILES string of the molecule is N[C@@H]1CCN(Cc2ccc(Cl)cc2-n2cncn2)C1. The molecule has 1 aromatic carbocycles. The zero-order chi connectivity index (χ0) is 13.2. The quantitative estimate of drug-likeness (QED) is 0.923. The third kappa shape index (κ3) is 2.78. The molecule has 0 unspecified atom stereocenters. The highest BCUT2D eigenvalue weighted by atomic mass is 35.5. The molecule has 1 aromatic heterocycles. The minimum absolute atomic E-state index is 0.294. The van der Waals surface area contributed by atoms with Crippen LogP contribution in [0.25, 0.3) is 5.69 Å². The van der Waals surface area contributed by atoms with Gasteiger partial charge in [0.15, 0.2) is 0 Å². The van der Waals surface area contributed by atoms with Crippen molar-refractivity contribution in [2.24, 2.45) is 5.73 Å². The van der Waals surface area contributed by atoms with Gasteiger partial charge in [-0.05, 0) is 24.1 Å². The van der Waals surface area contributed by atoms with E-state index in [9.17, 15) is 0 Å². The molecule has 1 saturated heterocycles. The Hall–Kier alpha value is -1.43. The first-order valence-electron chi connectivity index (χ1n) is 6.34. The fourth-order valence-corrected chi connectivity index (χ4v) is 2.63. The van der Waals surface area contributed by atoms with Gasteiger partial charge in [-0.2, -0.15) is 5.10 Å². The van der Waals surface area contributed by atoms with Gasteiger partial charge in [0.05, 0.1) is 5.69 Å². The molecule has 0 spiro atoms. The summed E-state index contributed by atoms with van der Waals surface area (Å²) in [7, 11) is 0. The Balaban J connectivity index is 1.88. The number of nitrogens with two attached hydrogens (primary N) is 1. The summed E-state index contributed by atoms with van der Waals surface area (Å²) in [4.78, 5) is 6.34. The Morgan fingerprint density at radius 2 is 2.32 bits per heavy atom. The smallest absolute Gasteiger partial charge is 0.138 e. The number of rotatable bonds is 3. The van der Waals surface area contributed by atoms with E-state index < -0.39 is 0 Å². The molecule has 1 fully saturated rings. The zero-order valence-electron chi connectivity index (χ0n) is 10.5. The topological polar surface area (TPSA) is 60.0 Å². The first kappa shape index (κ1) is 12.6. The summed E-state index contributed by atoms with van der Waals surface area (Å²) >= 11 is 6.08. The maximum atomic E-state index is 6.08. The van der Waals surface area contributed by atoms with E-state index in [0.717, 1.165) is 31.7 Å². The molecule has 0 saturated carbocycles. The second-order valence-electron chi connectivity index (χ2n) is 4.90. The van der Waals surface area contributed by atoms with Crippen molar-refractivity contribution >= 4 is 11.6 Å². The molecule has 0 bridgehead atoms. The van der Waals surface area contributed by atoms with Gasteiger partial charge in [0, 0.05) is 30.7 Å². The van der Waals surface area contributed by atoms with Gasteiger partial charge in [-0.1, -0.05) is 17.7 Å². The van der Waals surface area contributed by atoms with E-state index in [1.807, 2.05) is 18.2 Å². The molecule has 1 aliphatic rings. The Kier molecular flexibility index (Phi) is 3.50. The van der Waals surface area contributed by atoms with Gasteiger partial charge in [-0.3, -0.25) is 4.90 Å². The van der Waals surface area contributed by atoms with E-state index in [4.69, 9.17) is 17.3 Å². The van der Waals surface area contributed by atoms with Gasteiger partial charge in [-0.15, -0.1) is 0 Å². The van der Waals surface area contributed by atoms with Crippen LogP contribution in [0.1, 0.15) is 12.0 Å². The van der Waals surface area contributed by atoms with E-state index in [0.29, 0.717) is 11.1 Å². The molecule has 1 atom stereocenters. The van der Waals surface area contributed by atoms with Crippen LogP contribution in [-0.4, -0.2) is 38.8 Å². The van der Waals surface area contributed by atoms with Gasteiger partial charge < -0.3 is 5.73 Å². The van der Waals surface area contributed by atoms with E-state index in [1.54, 1.807) is 11.0 Å². The summed E-state index contributed by atoms with van der Waals surface area (Å²) in [6, 6.07) is 6.17. The third-order valence-electron chi connectivity index (χ3n) is 3.42. The fraction of sp³-hybridized carbons (Fsp3) is 0.385. The lowest BCUT2D eigenvalue weighted by molar-refractivity contribution is 0.326. The van der Waals surface area contributed by atoms with Crippen LogP contribution >= 0.6 is 11.6 Å². The second kappa shape index (κ2) is 5.28. The minimum Gasteiger partial charge on any atom is -0.326 e. The summed E-state index contributed by atoms with van der Waals surface area (Å²) in [6.07, 6.45) is 4.27. The van der Waals surface area contributed by atoms with Gasteiger partial charge in [0.25, 0.3) is 0 Å². The van der Waals surface area contributed by atoms with Crippen LogP contribution in [0, 0.1) is 0 Å². The van der Waals surface area contributed by atoms with Crippen molar-refractivity contribution in [1.29, 1.82) is 0 Å². The summed E-state index contributed by atoms with van der Waals surface area (Å²) in [5.74, 6) is 0. The van der Waals surface area contributed by atoms with Gasteiger partial charge >= 0.3 is 0 Å². The number of hydrogen-bond acceptors (Lipinski definition) is 4. The van der Waals surface area contributed by atoms with Crippen LogP contribution < -0.4 is 5.73 Å². The van der Waals surface area contributed by atoms with E-state index >= 15 is 0 Å². The minimum atomic E-state index is 0.294. The first-order valence-corrected chi connectivity index (χ1v) is 6.71. The lowest BCUT2D eigenvalue weighted by Crippen LogP contribution is -2.26. The van der Waals surface area contributed by atoms with Crippen molar-refractivity contribution < 1.29 is 0 Å². The van der Waals surface area contributed by atoms with Gasteiger partial charge in [0.2, 0.25) is 0 Å². The van der Waals surface area contributed by atoms with E-state index in [1.165, 1.54) is 11.9 Å². The lowest BCUT2D eigenvalue weighted by atomic mass is 10.1. The van der Waals surface area contributed by atoms with Crippen molar-refractivity contribution in [2.75, 3.05) is 13.1 Å². The van der Waals surface area contributed by atoms with Crippen LogP contribution in [0.3, 0.4) is 0 Å². The van der Waals surface area contributed by atoms with Crippen LogP contribution in [0.4, 0.5) is 0 Å². The molecule has 6 heteroatoms. The fourth-order valence-electron chi connectivity index (χ4n) is 2.46. The number of nitrogens with zero attached hydrogens (tertiary/aromatic N) is 4. The van der Waals surface area contributed by atoms with Crippen molar-refractivity contribution in [3.63, 3.8) is 0 Å². The molecule has 100 valence electrons. The van der Waals surface area contributed by atoms with Crippen LogP contribution in [0.5, 0.6) is 0 Å². The van der Waals surface area contributed by atoms with Gasteiger partial charge in [-0.25, -0.2) is 9.67 Å². The largest absolute Gasteiger partial charge is 0.326 e. The predicted octanol–water partition coefficient (Wildman–Crippen LogP) is 1.45. The molecule has 19 heavy (non-hydrogen) atoms. The maximum absolute atomic E-state index is 6.08. The predicted molar refractivity (Wildman–Crippen MR) is 74.2 cm³/mol. The number of benzene rings is 1. The molecule has 0 aliphatic carbocycles. The van der Waals surface area contributed by atoms with E-state index in [2.05, 4.69) is 15.0 Å². The average Bonchev–Trinajstić information content (AvgIpc) is 3.03. The molecular formula is C13H16ClN5. The maximum Gasteiger partial charge on any atom is 0.138 e. The molecule has 2 heterocycles. The second-order valence-corrected chi connectivity index (χ2v) is 5.33. The first-order chi connectivity index (χ1) is 9.22. The number of likely N-dealkylation sites (tertiary alicyclic amines) is 1. The molecule has 2 N–H and O–H groups in total. The van der Waals surface area contributed by atoms with Crippen molar-refractivity contribution in [1.82, 2.24) is 19.7 Å². The summed E-state index contributed by atoms with van der Waals surface area (Å²) in [5, 5.41) is 4.88. The molecular weight excluding hydrogens is 262 g/mol. The number of halogens is 1. The van der Waals surface area contributed by atoms with Crippen molar-refractivity contribution in [3.8, 4) is 5.69 Å².